The van der Waals surface area contributed by atoms with Crippen LogP contribution in [0.4, 0.5) is 0 Å². The lowest BCUT2D eigenvalue weighted by Crippen LogP contribution is -2.27. The molecule has 0 aromatic rings. The van der Waals surface area contributed by atoms with E-state index in [9.17, 15) is 9.59 Å². The van der Waals surface area contributed by atoms with Gasteiger partial charge in [-0.15, -0.1) is 0 Å². The Kier molecular flexibility index (Phi) is 6.85. The van der Waals surface area contributed by atoms with Gasteiger partial charge in [-0.05, 0) is 27.2 Å². The summed E-state index contributed by atoms with van der Waals surface area (Å²) < 4.78 is 5.12. The van der Waals surface area contributed by atoms with Gasteiger partial charge in [0.15, 0.2) is 0 Å². The van der Waals surface area contributed by atoms with Gasteiger partial charge in [-0.25, -0.2) is 0 Å². The molecule has 17 heavy (non-hydrogen) atoms. The number of carbonyl (C=O) groups excluding carboxylic acids is 1. The minimum atomic E-state index is -0.910. The molecular formula is C13H24O4. The van der Waals surface area contributed by atoms with Gasteiger partial charge in [0.25, 0.3) is 0 Å². The third kappa shape index (κ3) is 8.72. The fourth-order valence-corrected chi connectivity index (χ4v) is 1.54. The summed E-state index contributed by atoms with van der Waals surface area (Å²) in [5, 5.41) is 9.01. The molecule has 0 spiro atoms. The molecule has 0 bridgehead atoms. The fraction of sp³-hybridized carbons (Fsp3) is 0.846. The van der Waals surface area contributed by atoms with Gasteiger partial charge in [0.2, 0.25) is 0 Å². The maximum absolute atomic E-state index is 11.5. The molecule has 100 valence electrons. The van der Waals surface area contributed by atoms with Gasteiger partial charge in [-0.1, -0.05) is 26.2 Å². The predicted molar refractivity (Wildman–Crippen MR) is 65.7 cm³/mol. The molecule has 0 amide bonds. The van der Waals surface area contributed by atoms with E-state index in [2.05, 4.69) is 6.92 Å². The molecule has 4 heteroatoms. The van der Waals surface area contributed by atoms with Crippen LogP contribution in [-0.2, 0) is 14.3 Å². The first-order valence-corrected chi connectivity index (χ1v) is 6.21. The Hall–Kier alpha value is -1.06. The maximum Gasteiger partial charge on any atom is 0.307 e. The molecule has 4 nitrogen and oxygen atoms in total. The molecule has 0 radical (unpaired) electrons. The number of hydrogen-bond acceptors (Lipinski definition) is 3. The molecule has 0 aliphatic carbocycles. The molecule has 0 aromatic heterocycles. The monoisotopic (exact) mass is 244 g/mol. The van der Waals surface area contributed by atoms with Crippen molar-refractivity contribution in [1.82, 2.24) is 0 Å². The van der Waals surface area contributed by atoms with Crippen molar-refractivity contribution in [1.29, 1.82) is 0 Å². The van der Waals surface area contributed by atoms with Crippen LogP contribution < -0.4 is 0 Å². The third-order valence-electron chi connectivity index (χ3n) is 2.34. The SMILES string of the molecule is CCCCC[C@H](CC(=O)OC(C)(C)C)C(=O)O. The maximum atomic E-state index is 11.5. The summed E-state index contributed by atoms with van der Waals surface area (Å²) in [6.07, 6.45) is 3.39. The normalized spacial score (nSPS) is 13.2. The van der Waals surface area contributed by atoms with Crippen LogP contribution in [0.15, 0.2) is 0 Å². The zero-order valence-electron chi connectivity index (χ0n) is 11.3. The van der Waals surface area contributed by atoms with Crippen molar-refractivity contribution in [3.63, 3.8) is 0 Å². The Balaban J connectivity index is 4.16. The first-order chi connectivity index (χ1) is 7.76. The van der Waals surface area contributed by atoms with Crippen molar-refractivity contribution >= 4 is 11.9 Å². The zero-order valence-corrected chi connectivity index (χ0v) is 11.3. The molecule has 0 fully saturated rings. The van der Waals surface area contributed by atoms with Crippen molar-refractivity contribution < 1.29 is 19.4 Å². The third-order valence-corrected chi connectivity index (χ3v) is 2.34. The van der Waals surface area contributed by atoms with Crippen LogP contribution in [0.5, 0.6) is 0 Å². The van der Waals surface area contributed by atoms with E-state index in [-0.39, 0.29) is 6.42 Å². The highest BCUT2D eigenvalue weighted by molar-refractivity contribution is 5.78. The van der Waals surface area contributed by atoms with Crippen LogP contribution >= 0.6 is 0 Å². The highest BCUT2D eigenvalue weighted by Crippen LogP contribution is 2.17. The van der Waals surface area contributed by atoms with Crippen LogP contribution in [0.1, 0.15) is 59.8 Å². The van der Waals surface area contributed by atoms with E-state index in [1.165, 1.54) is 0 Å². The van der Waals surface area contributed by atoms with Crippen molar-refractivity contribution in [2.24, 2.45) is 5.92 Å². The molecule has 0 saturated carbocycles. The second-order valence-corrected chi connectivity index (χ2v) is 5.32. The van der Waals surface area contributed by atoms with E-state index in [0.717, 1.165) is 19.3 Å². The number of carboxylic acid groups (broad SMARTS) is 1. The molecule has 0 saturated heterocycles. The average molecular weight is 244 g/mol. The van der Waals surface area contributed by atoms with E-state index in [1.807, 2.05) is 0 Å². The Morgan fingerprint density at radius 3 is 2.24 bits per heavy atom. The minimum absolute atomic E-state index is 0.0314. The van der Waals surface area contributed by atoms with Gasteiger partial charge < -0.3 is 9.84 Å². The van der Waals surface area contributed by atoms with Gasteiger partial charge in [0.05, 0.1) is 12.3 Å². The van der Waals surface area contributed by atoms with Gasteiger partial charge >= 0.3 is 11.9 Å². The minimum Gasteiger partial charge on any atom is -0.481 e. The highest BCUT2D eigenvalue weighted by atomic mass is 16.6. The molecular weight excluding hydrogens is 220 g/mol. The van der Waals surface area contributed by atoms with Crippen molar-refractivity contribution in [3.05, 3.63) is 0 Å². The Morgan fingerprint density at radius 1 is 1.24 bits per heavy atom. The van der Waals surface area contributed by atoms with E-state index >= 15 is 0 Å². The average Bonchev–Trinajstić information content (AvgIpc) is 2.13. The summed E-state index contributed by atoms with van der Waals surface area (Å²) >= 11 is 0. The number of hydrogen-bond donors (Lipinski definition) is 1. The molecule has 0 rings (SSSR count). The Morgan fingerprint density at radius 2 is 1.82 bits per heavy atom. The fourth-order valence-electron chi connectivity index (χ4n) is 1.54. The lowest BCUT2D eigenvalue weighted by atomic mass is 9.98. The number of ether oxygens (including phenoxy) is 1. The second kappa shape index (κ2) is 7.30. The number of unbranched alkanes of at least 4 members (excludes halogenated alkanes) is 2. The lowest BCUT2D eigenvalue weighted by molar-refractivity contribution is -0.160. The smallest absolute Gasteiger partial charge is 0.307 e. The van der Waals surface area contributed by atoms with Gasteiger partial charge in [0.1, 0.15) is 5.60 Å². The van der Waals surface area contributed by atoms with Crippen LogP contribution in [0.25, 0.3) is 0 Å². The molecule has 0 aromatic carbocycles. The summed E-state index contributed by atoms with van der Waals surface area (Å²) in [6.45, 7) is 7.39. The van der Waals surface area contributed by atoms with Crippen molar-refractivity contribution in [2.75, 3.05) is 0 Å². The summed E-state index contributed by atoms with van der Waals surface area (Å²) in [7, 11) is 0. The van der Waals surface area contributed by atoms with Gasteiger partial charge in [-0.3, -0.25) is 9.59 Å². The molecule has 0 heterocycles. The van der Waals surface area contributed by atoms with E-state index in [0.29, 0.717) is 6.42 Å². The zero-order chi connectivity index (χ0) is 13.5. The second-order valence-electron chi connectivity index (χ2n) is 5.32. The van der Waals surface area contributed by atoms with E-state index in [4.69, 9.17) is 9.84 Å². The van der Waals surface area contributed by atoms with E-state index in [1.54, 1.807) is 20.8 Å². The molecule has 0 unspecified atom stereocenters. The van der Waals surface area contributed by atoms with Crippen molar-refractivity contribution in [2.45, 2.75) is 65.4 Å². The highest BCUT2D eigenvalue weighted by Gasteiger charge is 2.24. The van der Waals surface area contributed by atoms with Crippen LogP contribution in [0.3, 0.4) is 0 Å². The number of aliphatic carboxylic acids is 1. The standard InChI is InChI=1S/C13H24O4/c1-5-6-7-8-10(12(15)16)9-11(14)17-13(2,3)4/h10H,5-9H2,1-4H3,(H,15,16)/t10-/m1/s1. The molecule has 1 N–H and O–H groups in total. The number of carboxylic acids is 1. The predicted octanol–water partition coefficient (Wildman–Crippen LogP) is 3.00. The summed E-state index contributed by atoms with van der Waals surface area (Å²) in [5.74, 6) is -1.95. The van der Waals surface area contributed by atoms with Crippen LogP contribution in [0.2, 0.25) is 0 Å². The molecule has 1 atom stereocenters. The molecule has 0 aliphatic rings. The lowest BCUT2D eigenvalue weighted by Gasteiger charge is -2.21. The Labute approximate surface area is 103 Å². The van der Waals surface area contributed by atoms with Crippen molar-refractivity contribution in [3.8, 4) is 0 Å². The van der Waals surface area contributed by atoms with Crippen LogP contribution in [-0.4, -0.2) is 22.6 Å². The molecule has 0 aliphatic heterocycles. The van der Waals surface area contributed by atoms with Crippen LogP contribution in [0, 0.1) is 5.92 Å². The largest absolute Gasteiger partial charge is 0.481 e. The summed E-state index contributed by atoms with van der Waals surface area (Å²) in [4.78, 5) is 22.5. The number of rotatable bonds is 7. The number of esters is 1. The first kappa shape index (κ1) is 15.9. The number of carbonyl (C=O) groups is 2. The first-order valence-electron chi connectivity index (χ1n) is 6.21. The Bertz CT molecular complexity index is 253. The summed E-state index contributed by atoms with van der Waals surface area (Å²) in [5.41, 5.74) is -0.552. The van der Waals surface area contributed by atoms with E-state index < -0.39 is 23.5 Å². The quantitative estimate of drug-likeness (QED) is 0.552. The summed E-state index contributed by atoms with van der Waals surface area (Å²) in [6, 6.07) is 0. The topological polar surface area (TPSA) is 63.6 Å². The van der Waals surface area contributed by atoms with Gasteiger partial charge in [0, 0.05) is 0 Å². The van der Waals surface area contributed by atoms with Gasteiger partial charge in [-0.2, -0.15) is 0 Å².